The average molecular weight is 1320 g/mol. The van der Waals surface area contributed by atoms with Gasteiger partial charge in [-0.3, -0.25) is 0 Å². The van der Waals surface area contributed by atoms with E-state index in [-0.39, 0.29) is 0 Å². The van der Waals surface area contributed by atoms with Crippen molar-refractivity contribution in [2.75, 3.05) is 0 Å². The van der Waals surface area contributed by atoms with Crippen molar-refractivity contribution in [1.82, 2.24) is 0 Å². The van der Waals surface area contributed by atoms with Crippen LogP contribution in [0, 0.1) is 0 Å². The molecule has 1 N–H and O–H groups in total. The molecule has 0 unspecified atom stereocenters. The maximum absolute atomic E-state index is 9.42. The highest BCUT2D eigenvalue weighted by molar-refractivity contribution is 9.10. The average Bonchev–Trinajstić information content (AvgIpc) is 1.09. The molecule has 2 heterocycles. The summed E-state index contributed by atoms with van der Waals surface area (Å²) < 4.78 is 19.2. The maximum atomic E-state index is 9.42. The van der Waals surface area contributed by atoms with Gasteiger partial charge in [0.1, 0.15) is 28.1 Å². The van der Waals surface area contributed by atoms with E-state index in [1.165, 1.54) is 104 Å². The summed E-state index contributed by atoms with van der Waals surface area (Å²) in [6, 6.07) is 120. The van der Waals surface area contributed by atoms with Crippen LogP contribution < -0.4 is 4.65 Å². The lowest BCUT2D eigenvalue weighted by atomic mass is 9.84. The quantitative estimate of drug-likeness (QED) is 0.128. The normalized spacial score (nSPS) is 11.6. The Morgan fingerprint density at radius 1 is 0.245 bits per heavy atom. The number of rotatable bonds is 7. The Balaban J connectivity index is 0.000000118. The molecule has 0 fully saturated rings. The highest BCUT2D eigenvalue weighted by Crippen LogP contribution is 2.49. The Morgan fingerprint density at radius 2 is 0.582 bits per heavy atom. The van der Waals surface area contributed by atoms with Crippen molar-refractivity contribution in [2.24, 2.45) is 0 Å². The molecule has 2 aromatic heterocycles. The molecule has 6 heteroatoms. The Bertz CT molecular complexity index is 6450. The lowest BCUT2D eigenvalue weighted by molar-refractivity contribution is 0.459. The molecule has 459 valence electrons. The smallest absolute Gasteiger partial charge is 0.537 e. The molecule has 98 heavy (non-hydrogen) atoms. The molecule has 4 nitrogen and oxygen atoms in total. The van der Waals surface area contributed by atoms with Gasteiger partial charge >= 0.3 is 7.69 Å². The SMILES string of the molecule is Brc1cc2c3ccccc3oc2c2ccccc12.O[B]Oc1c2ccccc2c(-c2cccc(-c3ccc4ccccc4c3)c2)c2ccccc12.c1cc(-c2ccc3ccccc3c2)cc(-c2c3ccccc3c(-c3cc4c5ccccc5oc4c4ccccc34)c3ccccc23)c1. The number of benzene rings is 18. The fourth-order valence-electron chi connectivity index (χ4n) is 15.0. The van der Waals surface area contributed by atoms with Crippen LogP contribution in [0.25, 0.3) is 186 Å². The maximum Gasteiger partial charge on any atom is 0.569 e. The van der Waals surface area contributed by atoms with Gasteiger partial charge in [-0.2, -0.15) is 0 Å². The fraction of sp³-hybridized carbons (Fsp3) is 0. The van der Waals surface area contributed by atoms with Crippen LogP contribution in [0.3, 0.4) is 0 Å². The molecule has 1 radical (unpaired) electrons. The number of para-hydroxylation sites is 2. The molecule has 0 spiro atoms. The lowest BCUT2D eigenvalue weighted by Gasteiger charge is -2.19. The topological polar surface area (TPSA) is 55.7 Å². The van der Waals surface area contributed by atoms with E-state index in [0.717, 1.165) is 94.1 Å². The van der Waals surface area contributed by atoms with Crippen LogP contribution in [0.2, 0.25) is 0 Å². The summed E-state index contributed by atoms with van der Waals surface area (Å²) in [4.78, 5) is 0. The molecule has 18 aromatic carbocycles. The van der Waals surface area contributed by atoms with Crippen molar-refractivity contribution in [3.05, 3.63) is 344 Å². The van der Waals surface area contributed by atoms with Gasteiger partial charge < -0.3 is 18.5 Å². The second-order valence-electron chi connectivity index (χ2n) is 25.0. The number of halogens is 1. The van der Waals surface area contributed by atoms with E-state index in [1.807, 2.05) is 72.8 Å². The van der Waals surface area contributed by atoms with Crippen LogP contribution in [0.4, 0.5) is 0 Å². The summed E-state index contributed by atoms with van der Waals surface area (Å²) in [6.45, 7) is 0. The van der Waals surface area contributed by atoms with E-state index in [2.05, 4.69) is 283 Å². The second kappa shape index (κ2) is 24.6. The Morgan fingerprint density at radius 3 is 1.05 bits per heavy atom. The van der Waals surface area contributed by atoms with Crippen molar-refractivity contribution >= 4 is 154 Å². The molecule has 0 saturated carbocycles. The molecule has 0 aliphatic rings. The molecule has 20 rings (SSSR count). The molecule has 0 saturated heterocycles. The molecular formula is C92H57BBrO4. The number of hydrogen-bond donors (Lipinski definition) is 1. The monoisotopic (exact) mass is 1320 g/mol. The van der Waals surface area contributed by atoms with E-state index >= 15 is 0 Å². The molecule has 0 aliphatic carbocycles. The highest BCUT2D eigenvalue weighted by Gasteiger charge is 2.23. The van der Waals surface area contributed by atoms with Crippen molar-refractivity contribution < 1.29 is 18.5 Å². The largest absolute Gasteiger partial charge is 0.569 e. The number of fused-ring (bicyclic) bond motifs is 16. The first-order valence-electron chi connectivity index (χ1n) is 33.0. The van der Waals surface area contributed by atoms with E-state index in [9.17, 15) is 5.02 Å². The summed E-state index contributed by atoms with van der Waals surface area (Å²) in [5.41, 5.74) is 15.9. The zero-order chi connectivity index (χ0) is 65.2. The predicted molar refractivity (Wildman–Crippen MR) is 417 cm³/mol. The molecule has 20 aromatic rings. The molecule has 0 aliphatic heterocycles. The van der Waals surface area contributed by atoms with Gasteiger partial charge in [0, 0.05) is 47.6 Å². The van der Waals surface area contributed by atoms with E-state index in [1.54, 1.807) is 0 Å². The minimum absolute atomic E-state index is 0.665. The summed E-state index contributed by atoms with van der Waals surface area (Å²) in [7, 11) is 0.758. The van der Waals surface area contributed by atoms with Gasteiger partial charge in [0.2, 0.25) is 0 Å². The summed E-state index contributed by atoms with van der Waals surface area (Å²) in [5, 5.41) is 32.8. The Hall–Kier alpha value is -12.1. The van der Waals surface area contributed by atoms with Crippen LogP contribution in [-0.4, -0.2) is 12.7 Å². The Labute approximate surface area is 573 Å². The second-order valence-corrected chi connectivity index (χ2v) is 25.8. The van der Waals surface area contributed by atoms with Crippen LogP contribution in [0.15, 0.2) is 353 Å². The third-order valence-corrected chi connectivity index (χ3v) is 20.1. The van der Waals surface area contributed by atoms with Gasteiger partial charge in [0.05, 0.1) is 0 Å². The van der Waals surface area contributed by atoms with Crippen LogP contribution in [0.1, 0.15) is 0 Å². The predicted octanol–water partition coefficient (Wildman–Crippen LogP) is 26.1. The van der Waals surface area contributed by atoms with Gasteiger partial charge in [-0.05, 0) is 169 Å². The standard InChI is InChI=1S/C46H28O.C30H20BO2.C16H9BrO/c1-2-13-30-26-32(25-24-29(30)12-1)31-14-11-15-33(27-31)44-36-18-4-6-20-38(36)45(39-21-7-5-19-37(39)44)41-28-42-35-17-9-10-23-43(35)47-46(42)40-22-8-3-16-34(40)41;32-31-33-30-27-14-5-3-12-25(27)29(26-13-4-6-15-28(26)30)24-11-7-10-22(19-24)23-17-16-20-8-1-2-9-21(20)18-23;17-14-9-13-11-6-3-4-8-15(11)18-16(13)12-7-2-1-5-10(12)14/h1-28H;1-19,32H;1-9H. The van der Waals surface area contributed by atoms with Crippen LogP contribution in [0.5, 0.6) is 5.75 Å². The van der Waals surface area contributed by atoms with Crippen molar-refractivity contribution in [2.45, 2.75) is 0 Å². The van der Waals surface area contributed by atoms with Gasteiger partial charge in [0.25, 0.3) is 0 Å². The lowest BCUT2D eigenvalue weighted by Crippen LogP contribution is -2.02. The van der Waals surface area contributed by atoms with E-state index in [0.29, 0.717) is 5.75 Å². The van der Waals surface area contributed by atoms with Gasteiger partial charge in [-0.25, -0.2) is 0 Å². The zero-order valence-electron chi connectivity index (χ0n) is 53.0. The highest BCUT2D eigenvalue weighted by atomic mass is 79.9. The van der Waals surface area contributed by atoms with Crippen molar-refractivity contribution in [3.8, 4) is 61.4 Å². The summed E-state index contributed by atoms with van der Waals surface area (Å²) in [5.74, 6) is 0.665. The van der Waals surface area contributed by atoms with Gasteiger partial charge in [-0.1, -0.05) is 307 Å². The van der Waals surface area contributed by atoms with E-state index < -0.39 is 0 Å². The molecular weight excluding hydrogens is 1260 g/mol. The molecule has 0 atom stereocenters. The molecule has 0 amide bonds. The minimum Gasteiger partial charge on any atom is -0.537 e. The first-order chi connectivity index (χ1) is 48.5. The van der Waals surface area contributed by atoms with Crippen LogP contribution >= 0.6 is 15.9 Å². The van der Waals surface area contributed by atoms with Crippen LogP contribution in [-0.2, 0) is 0 Å². The van der Waals surface area contributed by atoms with Crippen molar-refractivity contribution in [1.29, 1.82) is 0 Å². The molecule has 0 bridgehead atoms. The summed E-state index contributed by atoms with van der Waals surface area (Å²) >= 11 is 3.65. The zero-order valence-corrected chi connectivity index (χ0v) is 54.5. The third-order valence-electron chi connectivity index (χ3n) is 19.4. The van der Waals surface area contributed by atoms with E-state index in [4.69, 9.17) is 13.5 Å². The first kappa shape index (κ1) is 58.5. The Kier molecular flexibility index (Phi) is 14.7. The third kappa shape index (κ3) is 10.1. The van der Waals surface area contributed by atoms with Gasteiger partial charge in [0.15, 0.2) is 0 Å². The minimum atomic E-state index is 0.665. The number of hydrogen-bond acceptors (Lipinski definition) is 4. The number of furan rings is 2. The fourth-order valence-corrected chi connectivity index (χ4v) is 15.6. The first-order valence-corrected chi connectivity index (χ1v) is 33.8. The van der Waals surface area contributed by atoms with Crippen molar-refractivity contribution in [3.63, 3.8) is 0 Å². The van der Waals surface area contributed by atoms with Gasteiger partial charge in [-0.15, -0.1) is 0 Å². The summed E-state index contributed by atoms with van der Waals surface area (Å²) in [6.07, 6.45) is 0.